The highest BCUT2D eigenvalue weighted by Gasteiger charge is 2.28. The number of likely N-dealkylation sites (tertiary alicyclic amines) is 1. The lowest BCUT2D eigenvalue weighted by Gasteiger charge is -2.30. The Morgan fingerprint density at radius 3 is 2.68 bits per heavy atom. The van der Waals surface area contributed by atoms with Gasteiger partial charge in [-0.25, -0.2) is 4.39 Å². The molecule has 5 nitrogen and oxygen atoms in total. The zero-order chi connectivity index (χ0) is 15.7. The lowest BCUT2D eigenvalue weighted by molar-refractivity contribution is -0.143. The van der Waals surface area contributed by atoms with Crippen LogP contribution in [0.25, 0.3) is 10.9 Å². The van der Waals surface area contributed by atoms with Crippen molar-refractivity contribution in [3.63, 3.8) is 0 Å². The number of carboxylic acids is 1. The molecular weight excluding hydrogens is 287 g/mol. The summed E-state index contributed by atoms with van der Waals surface area (Å²) in [6.07, 6.45) is 2.40. The maximum Gasteiger partial charge on any atom is 0.306 e. The van der Waals surface area contributed by atoms with E-state index in [-0.39, 0.29) is 11.5 Å². The lowest BCUT2D eigenvalue weighted by Crippen LogP contribution is -2.40. The van der Waals surface area contributed by atoms with Gasteiger partial charge in [0.05, 0.1) is 17.0 Å². The number of benzene rings is 1. The average molecular weight is 302 g/mol. The van der Waals surface area contributed by atoms with E-state index in [9.17, 15) is 14.0 Å². The molecule has 0 aliphatic carbocycles. The summed E-state index contributed by atoms with van der Waals surface area (Å²) in [7, 11) is 0. The first kappa shape index (κ1) is 14.4. The second kappa shape index (κ2) is 5.71. The molecule has 0 saturated carbocycles. The zero-order valence-electron chi connectivity index (χ0n) is 11.8. The molecule has 1 amide bonds. The minimum Gasteiger partial charge on any atom is -0.481 e. The second-order valence-electron chi connectivity index (χ2n) is 5.43. The molecule has 2 aromatic rings. The highest BCUT2D eigenvalue weighted by molar-refractivity contribution is 6.05. The number of fused-ring (bicyclic) bond motifs is 1. The third-order valence-electron chi connectivity index (χ3n) is 4.03. The number of carboxylic acid groups (broad SMARTS) is 1. The van der Waals surface area contributed by atoms with Gasteiger partial charge in [0.15, 0.2) is 0 Å². The van der Waals surface area contributed by atoms with Crippen LogP contribution in [-0.4, -0.2) is 40.0 Å². The van der Waals surface area contributed by atoms with Crippen LogP contribution in [0.3, 0.4) is 0 Å². The molecule has 1 saturated heterocycles. The van der Waals surface area contributed by atoms with E-state index in [1.807, 2.05) is 0 Å². The summed E-state index contributed by atoms with van der Waals surface area (Å²) in [5.74, 6) is -2.02. The Labute approximate surface area is 126 Å². The van der Waals surface area contributed by atoms with Crippen LogP contribution in [0.4, 0.5) is 4.39 Å². The predicted octanol–water partition coefficient (Wildman–Crippen LogP) is 2.31. The molecular formula is C16H15FN2O3. The first-order chi connectivity index (χ1) is 10.6. The zero-order valence-corrected chi connectivity index (χ0v) is 11.8. The summed E-state index contributed by atoms with van der Waals surface area (Å²) in [5.41, 5.74) is 0.693. The van der Waals surface area contributed by atoms with Crippen LogP contribution in [-0.2, 0) is 4.79 Å². The van der Waals surface area contributed by atoms with E-state index in [1.54, 1.807) is 23.2 Å². The summed E-state index contributed by atoms with van der Waals surface area (Å²) >= 11 is 0. The van der Waals surface area contributed by atoms with Gasteiger partial charge in [-0.15, -0.1) is 0 Å². The summed E-state index contributed by atoms with van der Waals surface area (Å²) < 4.78 is 13.7. The minimum absolute atomic E-state index is 0.226. The third-order valence-corrected chi connectivity index (χ3v) is 4.03. The van der Waals surface area contributed by atoms with Crippen LogP contribution in [0.2, 0.25) is 0 Å². The normalized spacial score (nSPS) is 16.0. The molecule has 1 aliphatic heterocycles. The molecule has 3 rings (SSSR count). The molecule has 2 heterocycles. The highest BCUT2D eigenvalue weighted by Crippen LogP contribution is 2.23. The lowest BCUT2D eigenvalue weighted by atomic mass is 9.96. The van der Waals surface area contributed by atoms with E-state index in [2.05, 4.69) is 4.98 Å². The first-order valence-electron chi connectivity index (χ1n) is 7.12. The van der Waals surface area contributed by atoms with Gasteiger partial charge in [-0.3, -0.25) is 14.6 Å². The van der Waals surface area contributed by atoms with Crippen molar-refractivity contribution in [1.29, 1.82) is 0 Å². The fraction of sp³-hybridized carbons (Fsp3) is 0.312. The predicted molar refractivity (Wildman–Crippen MR) is 78.0 cm³/mol. The Morgan fingerprint density at radius 2 is 2.00 bits per heavy atom. The van der Waals surface area contributed by atoms with Gasteiger partial charge >= 0.3 is 5.97 Å². The molecule has 114 valence electrons. The van der Waals surface area contributed by atoms with Crippen LogP contribution in [0.1, 0.15) is 23.2 Å². The van der Waals surface area contributed by atoms with Gasteiger partial charge in [0.2, 0.25) is 0 Å². The number of aromatic nitrogens is 1. The van der Waals surface area contributed by atoms with E-state index in [1.165, 1.54) is 12.1 Å². The molecule has 1 aromatic heterocycles. The van der Waals surface area contributed by atoms with E-state index in [0.717, 1.165) is 0 Å². The van der Waals surface area contributed by atoms with Gasteiger partial charge in [-0.2, -0.15) is 0 Å². The number of hydrogen-bond donors (Lipinski definition) is 1. The quantitative estimate of drug-likeness (QED) is 0.924. The Hall–Kier alpha value is -2.50. The van der Waals surface area contributed by atoms with Crippen LogP contribution >= 0.6 is 0 Å². The number of piperidine rings is 1. The van der Waals surface area contributed by atoms with Gasteiger partial charge in [-0.1, -0.05) is 6.07 Å². The Bertz CT molecular complexity index is 739. The van der Waals surface area contributed by atoms with Crippen LogP contribution in [0.15, 0.2) is 30.5 Å². The molecule has 1 aromatic carbocycles. The van der Waals surface area contributed by atoms with E-state index in [0.29, 0.717) is 36.8 Å². The topological polar surface area (TPSA) is 70.5 Å². The molecule has 0 spiro atoms. The van der Waals surface area contributed by atoms with Crippen LogP contribution in [0.5, 0.6) is 0 Å². The summed E-state index contributed by atoms with van der Waals surface area (Å²) in [6.45, 7) is 0.723. The molecule has 0 radical (unpaired) electrons. The monoisotopic (exact) mass is 302 g/mol. The first-order valence-corrected chi connectivity index (χ1v) is 7.12. The van der Waals surface area contributed by atoms with E-state index >= 15 is 0 Å². The van der Waals surface area contributed by atoms with Crippen LogP contribution in [0, 0.1) is 11.7 Å². The van der Waals surface area contributed by atoms with Gasteiger partial charge in [0, 0.05) is 24.7 Å². The molecule has 0 atom stereocenters. The third kappa shape index (κ3) is 2.64. The molecule has 0 bridgehead atoms. The smallest absolute Gasteiger partial charge is 0.306 e. The Balaban J connectivity index is 1.89. The number of halogens is 1. The number of hydrogen-bond acceptors (Lipinski definition) is 3. The van der Waals surface area contributed by atoms with Crippen LogP contribution < -0.4 is 0 Å². The van der Waals surface area contributed by atoms with Crippen molar-refractivity contribution in [2.24, 2.45) is 5.92 Å². The molecule has 1 N–H and O–H groups in total. The van der Waals surface area contributed by atoms with Gasteiger partial charge in [0.1, 0.15) is 5.82 Å². The minimum atomic E-state index is -0.829. The maximum atomic E-state index is 13.7. The summed E-state index contributed by atoms with van der Waals surface area (Å²) in [5, 5.41) is 9.57. The number of carbonyl (C=O) groups is 2. The van der Waals surface area contributed by atoms with Crippen molar-refractivity contribution in [3.8, 4) is 0 Å². The molecule has 1 aliphatic rings. The van der Waals surface area contributed by atoms with Crippen molar-refractivity contribution < 1.29 is 19.1 Å². The molecule has 22 heavy (non-hydrogen) atoms. The van der Waals surface area contributed by atoms with Crippen molar-refractivity contribution in [2.75, 3.05) is 13.1 Å². The van der Waals surface area contributed by atoms with Gasteiger partial charge < -0.3 is 10.0 Å². The number of nitrogens with zero attached hydrogens (tertiary/aromatic N) is 2. The van der Waals surface area contributed by atoms with Gasteiger partial charge in [0.25, 0.3) is 5.91 Å². The maximum absolute atomic E-state index is 13.7. The van der Waals surface area contributed by atoms with E-state index in [4.69, 9.17) is 5.11 Å². The van der Waals surface area contributed by atoms with Crippen molar-refractivity contribution in [3.05, 3.63) is 41.8 Å². The average Bonchev–Trinajstić information content (AvgIpc) is 2.53. The summed E-state index contributed by atoms with van der Waals surface area (Å²) in [6, 6.07) is 5.93. The fourth-order valence-corrected chi connectivity index (χ4v) is 2.82. The fourth-order valence-electron chi connectivity index (χ4n) is 2.82. The number of pyridine rings is 1. The van der Waals surface area contributed by atoms with Crippen molar-refractivity contribution >= 4 is 22.8 Å². The Kier molecular flexibility index (Phi) is 3.75. The highest BCUT2D eigenvalue weighted by atomic mass is 19.1. The molecule has 6 heteroatoms. The second-order valence-corrected chi connectivity index (χ2v) is 5.43. The number of aliphatic carboxylic acids is 1. The number of amides is 1. The largest absolute Gasteiger partial charge is 0.481 e. The molecule has 1 fully saturated rings. The molecule has 0 unspecified atom stereocenters. The number of rotatable bonds is 2. The number of carbonyl (C=O) groups excluding carboxylic acids is 1. The van der Waals surface area contributed by atoms with Crippen molar-refractivity contribution in [2.45, 2.75) is 12.8 Å². The standard InChI is InChI=1S/C16H15FN2O3/c17-12-8-11-2-1-5-18-14(11)13(9-12)15(20)19-6-3-10(4-7-19)16(21)22/h1-2,5,8-10H,3-4,6-7H2,(H,21,22). The summed E-state index contributed by atoms with van der Waals surface area (Å²) in [4.78, 5) is 29.3. The van der Waals surface area contributed by atoms with Crippen molar-refractivity contribution in [1.82, 2.24) is 9.88 Å². The Morgan fingerprint density at radius 1 is 1.27 bits per heavy atom. The SMILES string of the molecule is O=C(O)C1CCN(C(=O)c2cc(F)cc3cccnc23)CC1. The van der Waals surface area contributed by atoms with E-state index < -0.39 is 17.7 Å². The van der Waals surface area contributed by atoms with Gasteiger partial charge in [-0.05, 0) is 31.0 Å².